The van der Waals surface area contributed by atoms with Gasteiger partial charge in [0, 0.05) is 18.1 Å². The summed E-state index contributed by atoms with van der Waals surface area (Å²) in [5, 5.41) is 11.3. The SMILES string of the molecule is COc1cccc(OC)c1C(=O)NC1CNCC1Nc1nc2ccc(Cl)cc2s1. The second kappa shape index (κ2) is 8.44. The molecule has 2 aromatic carbocycles. The standard InChI is InChI=1S/C20H21ClN4O3S/c1-27-15-4-3-5-16(28-2)18(15)19(26)23-13-9-22-10-14(13)25-20-24-12-7-6-11(21)8-17(12)29-20/h3-8,13-14,22H,9-10H2,1-2H3,(H,23,26)(H,24,25). The van der Waals surface area contributed by atoms with Crippen molar-refractivity contribution in [3.05, 3.63) is 47.0 Å². The summed E-state index contributed by atoms with van der Waals surface area (Å²) < 4.78 is 11.7. The summed E-state index contributed by atoms with van der Waals surface area (Å²) in [6.07, 6.45) is 0. The van der Waals surface area contributed by atoms with Crippen molar-refractivity contribution in [1.29, 1.82) is 0 Å². The van der Waals surface area contributed by atoms with Crippen LogP contribution in [0.5, 0.6) is 11.5 Å². The molecule has 1 aliphatic rings. The number of halogens is 1. The molecule has 2 unspecified atom stereocenters. The van der Waals surface area contributed by atoms with Gasteiger partial charge in [0.05, 0.1) is 36.5 Å². The van der Waals surface area contributed by atoms with E-state index in [2.05, 4.69) is 20.9 Å². The van der Waals surface area contributed by atoms with Gasteiger partial charge in [-0.2, -0.15) is 0 Å². The maximum absolute atomic E-state index is 13.0. The maximum atomic E-state index is 13.0. The van der Waals surface area contributed by atoms with Crippen molar-refractivity contribution in [2.75, 3.05) is 32.6 Å². The monoisotopic (exact) mass is 432 g/mol. The van der Waals surface area contributed by atoms with Gasteiger partial charge in [0.1, 0.15) is 17.1 Å². The highest BCUT2D eigenvalue weighted by atomic mass is 35.5. The lowest BCUT2D eigenvalue weighted by Gasteiger charge is -2.22. The third-order valence-electron chi connectivity index (χ3n) is 4.84. The molecule has 0 saturated carbocycles. The molecule has 1 fully saturated rings. The number of hydrogen-bond acceptors (Lipinski definition) is 7. The first kappa shape index (κ1) is 19.8. The van der Waals surface area contributed by atoms with Crippen LogP contribution in [0.2, 0.25) is 5.02 Å². The molecule has 0 spiro atoms. The molecule has 3 aromatic rings. The topological polar surface area (TPSA) is 84.5 Å². The molecule has 0 radical (unpaired) electrons. The van der Waals surface area contributed by atoms with Crippen molar-refractivity contribution in [2.45, 2.75) is 12.1 Å². The van der Waals surface area contributed by atoms with Crippen molar-refractivity contribution in [3.8, 4) is 11.5 Å². The molecule has 1 saturated heterocycles. The van der Waals surface area contributed by atoms with E-state index in [0.29, 0.717) is 35.2 Å². The largest absolute Gasteiger partial charge is 0.496 e. The average molecular weight is 433 g/mol. The lowest BCUT2D eigenvalue weighted by Crippen LogP contribution is -2.46. The van der Waals surface area contributed by atoms with Crippen LogP contribution in [0.3, 0.4) is 0 Å². The number of amides is 1. The Bertz CT molecular complexity index is 1020. The van der Waals surface area contributed by atoms with E-state index in [1.54, 1.807) is 29.5 Å². The minimum Gasteiger partial charge on any atom is -0.496 e. The van der Waals surface area contributed by atoms with E-state index in [0.717, 1.165) is 15.3 Å². The van der Waals surface area contributed by atoms with Gasteiger partial charge >= 0.3 is 0 Å². The molecule has 2 atom stereocenters. The van der Waals surface area contributed by atoms with Crippen molar-refractivity contribution in [3.63, 3.8) is 0 Å². The second-order valence-electron chi connectivity index (χ2n) is 6.66. The van der Waals surface area contributed by atoms with Crippen molar-refractivity contribution in [2.24, 2.45) is 0 Å². The highest BCUT2D eigenvalue weighted by Gasteiger charge is 2.31. The second-order valence-corrected chi connectivity index (χ2v) is 8.12. The summed E-state index contributed by atoms with van der Waals surface area (Å²) in [5.74, 6) is 0.705. The summed E-state index contributed by atoms with van der Waals surface area (Å²) in [5.41, 5.74) is 1.28. The summed E-state index contributed by atoms with van der Waals surface area (Å²) in [4.78, 5) is 17.6. The molecule has 7 nitrogen and oxygen atoms in total. The number of hydrogen-bond donors (Lipinski definition) is 3. The fourth-order valence-corrected chi connectivity index (χ4v) is 4.62. The Kier molecular flexibility index (Phi) is 5.75. The zero-order valence-corrected chi connectivity index (χ0v) is 17.6. The third-order valence-corrected chi connectivity index (χ3v) is 6.03. The van der Waals surface area contributed by atoms with E-state index in [1.807, 2.05) is 18.2 Å². The number of fused-ring (bicyclic) bond motifs is 1. The molecule has 4 rings (SSSR count). The Morgan fingerprint density at radius 2 is 1.90 bits per heavy atom. The van der Waals surface area contributed by atoms with Gasteiger partial charge < -0.3 is 25.4 Å². The van der Waals surface area contributed by atoms with Crippen LogP contribution in [0.1, 0.15) is 10.4 Å². The lowest BCUT2D eigenvalue weighted by molar-refractivity contribution is 0.0932. The molecule has 2 heterocycles. The van der Waals surface area contributed by atoms with Gasteiger partial charge in [-0.05, 0) is 30.3 Å². The number of nitrogens with zero attached hydrogens (tertiary/aromatic N) is 1. The van der Waals surface area contributed by atoms with Crippen molar-refractivity contribution < 1.29 is 14.3 Å². The minimum absolute atomic E-state index is 0.00399. The number of thiazole rings is 1. The van der Waals surface area contributed by atoms with Crippen molar-refractivity contribution in [1.82, 2.24) is 15.6 Å². The van der Waals surface area contributed by atoms with Gasteiger partial charge in [0.15, 0.2) is 5.13 Å². The first-order valence-corrected chi connectivity index (χ1v) is 10.3. The summed E-state index contributed by atoms with van der Waals surface area (Å²) >= 11 is 7.61. The molecular weight excluding hydrogens is 412 g/mol. The molecule has 0 aliphatic carbocycles. The quantitative estimate of drug-likeness (QED) is 0.555. The number of ether oxygens (including phenoxy) is 2. The van der Waals surface area contributed by atoms with Crippen LogP contribution in [-0.4, -0.2) is 50.3 Å². The molecular formula is C20H21ClN4O3S. The minimum atomic E-state index is -0.240. The Morgan fingerprint density at radius 1 is 1.17 bits per heavy atom. The third kappa shape index (κ3) is 4.10. The normalized spacial score (nSPS) is 18.6. The van der Waals surface area contributed by atoms with Gasteiger partial charge in [-0.1, -0.05) is 29.0 Å². The van der Waals surface area contributed by atoms with Gasteiger partial charge in [0.2, 0.25) is 0 Å². The van der Waals surface area contributed by atoms with Crippen LogP contribution >= 0.6 is 22.9 Å². The molecule has 152 valence electrons. The van der Waals surface area contributed by atoms with Crippen molar-refractivity contribution >= 4 is 44.2 Å². The molecule has 1 aromatic heterocycles. The Morgan fingerprint density at radius 3 is 2.62 bits per heavy atom. The number of carbonyl (C=O) groups is 1. The average Bonchev–Trinajstić information content (AvgIpc) is 3.33. The molecule has 0 bridgehead atoms. The van der Waals surface area contributed by atoms with Gasteiger partial charge in [-0.3, -0.25) is 4.79 Å². The maximum Gasteiger partial charge on any atom is 0.259 e. The molecule has 9 heteroatoms. The fraction of sp³-hybridized carbons (Fsp3) is 0.300. The molecule has 1 aliphatic heterocycles. The van der Waals surface area contributed by atoms with E-state index in [9.17, 15) is 4.79 Å². The van der Waals surface area contributed by atoms with Gasteiger partial charge in [0.25, 0.3) is 5.91 Å². The highest BCUT2D eigenvalue weighted by Crippen LogP contribution is 2.30. The van der Waals surface area contributed by atoms with E-state index < -0.39 is 0 Å². The summed E-state index contributed by atoms with van der Waals surface area (Å²) in [6.45, 7) is 1.36. The number of anilines is 1. The molecule has 29 heavy (non-hydrogen) atoms. The number of benzene rings is 2. The summed E-state index contributed by atoms with van der Waals surface area (Å²) in [7, 11) is 3.07. The summed E-state index contributed by atoms with van der Waals surface area (Å²) in [6, 6.07) is 10.8. The Labute approximate surface area is 177 Å². The number of aromatic nitrogens is 1. The predicted octanol–water partition coefficient (Wildman–Crippen LogP) is 3.15. The van der Waals surface area contributed by atoms with Crippen LogP contribution in [0.25, 0.3) is 10.2 Å². The number of nitrogens with one attached hydrogen (secondary N) is 3. The van der Waals surface area contributed by atoms with Crippen LogP contribution < -0.4 is 25.4 Å². The first-order chi connectivity index (χ1) is 14.1. The van der Waals surface area contributed by atoms with Gasteiger partial charge in [-0.25, -0.2) is 4.98 Å². The first-order valence-electron chi connectivity index (χ1n) is 9.14. The molecule has 1 amide bonds. The Balaban J connectivity index is 1.51. The molecule has 3 N–H and O–H groups in total. The smallest absolute Gasteiger partial charge is 0.259 e. The van der Waals surface area contributed by atoms with Crippen LogP contribution in [0.15, 0.2) is 36.4 Å². The van der Waals surface area contributed by atoms with E-state index in [1.165, 1.54) is 14.2 Å². The van der Waals surface area contributed by atoms with Crippen LogP contribution in [0.4, 0.5) is 5.13 Å². The van der Waals surface area contributed by atoms with Gasteiger partial charge in [-0.15, -0.1) is 0 Å². The zero-order chi connectivity index (χ0) is 20.4. The number of methoxy groups -OCH3 is 2. The lowest BCUT2D eigenvalue weighted by atomic mass is 10.1. The predicted molar refractivity (Wildman–Crippen MR) is 116 cm³/mol. The zero-order valence-electron chi connectivity index (χ0n) is 16.0. The van der Waals surface area contributed by atoms with E-state index >= 15 is 0 Å². The number of carbonyl (C=O) groups excluding carboxylic acids is 1. The highest BCUT2D eigenvalue weighted by molar-refractivity contribution is 7.22. The Hall–Kier alpha value is -2.55. The van der Waals surface area contributed by atoms with E-state index in [4.69, 9.17) is 21.1 Å². The van der Waals surface area contributed by atoms with E-state index in [-0.39, 0.29) is 18.0 Å². The number of rotatable bonds is 6. The van der Waals surface area contributed by atoms with Crippen LogP contribution in [0, 0.1) is 0 Å². The van der Waals surface area contributed by atoms with Crippen LogP contribution in [-0.2, 0) is 0 Å². The fourth-order valence-electron chi connectivity index (χ4n) is 3.42.